The molecule has 0 aliphatic heterocycles. The van der Waals surface area contributed by atoms with Crippen LogP contribution in [0, 0.1) is 0 Å². The second-order valence-corrected chi connectivity index (χ2v) is 4.61. The van der Waals surface area contributed by atoms with Crippen LogP contribution in [0.2, 0.25) is 10.4 Å². The summed E-state index contributed by atoms with van der Waals surface area (Å²) in [7, 11) is 1.74. The van der Waals surface area contributed by atoms with Crippen molar-refractivity contribution in [1.29, 1.82) is 0 Å². The first-order valence-corrected chi connectivity index (χ1v) is 6.05. The summed E-state index contributed by atoms with van der Waals surface area (Å²) in [6.07, 6.45) is 2.96. The van der Waals surface area contributed by atoms with Crippen molar-refractivity contribution in [2.45, 2.75) is 0 Å². The van der Waals surface area contributed by atoms with E-state index in [1.54, 1.807) is 23.7 Å². The highest BCUT2D eigenvalue weighted by atomic mass is 35.5. The van der Waals surface area contributed by atoms with Crippen LogP contribution in [0.1, 0.15) is 0 Å². The number of rotatable bonds is 1. The second-order valence-electron chi connectivity index (χ2n) is 3.89. The molecular weight excluding hydrogens is 289 g/mol. The van der Waals surface area contributed by atoms with Gasteiger partial charge in [-0.15, -0.1) is 0 Å². The molecule has 3 aromatic rings. The Hall–Kier alpha value is -1.92. The number of aryl methyl sites for hydroxylation is 1. The van der Waals surface area contributed by atoms with Gasteiger partial charge in [-0.2, -0.15) is 4.98 Å². The van der Waals surface area contributed by atoms with Gasteiger partial charge in [-0.3, -0.25) is 4.79 Å². The first-order valence-electron chi connectivity index (χ1n) is 5.29. The topological polar surface area (TPSA) is 65.6 Å². The van der Waals surface area contributed by atoms with E-state index >= 15 is 0 Å². The highest BCUT2D eigenvalue weighted by molar-refractivity contribution is 6.29. The van der Waals surface area contributed by atoms with E-state index in [9.17, 15) is 4.79 Å². The van der Waals surface area contributed by atoms with Gasteiger partial charge in [0.25, 0.3) is 5.56 Å². The monoisotopic (exact) mass is 295 g/mol. The minimum Gasteiger partial charge on any atom is -0.318 e. The predicted octanol–water partition coefficient (Wildman–Crippen LogP) is 1.82. The highest BCUT2D eigenvalue weighted by Gasteiger charge is 2.14. The van der Waals surface area contributed by atoms with E-state index in [4.69, 9.17) is 23.2 Å². The molecule has 96 valence electrons. The molecule has 0 bridgehead atoms. The molecular formula is C11H7Cl2N5O. The summed E-state index contributed by atoms with van der Waals surface area (Å²) in [6, 6.07) is 3.21. The van der Waals surface area contributed by atoms with Gasteiger partial charge in [0, 0.05) is 7.05 Å². The van der Waals surface area contributed by atoms with Gasteiger partial charge < -0.3 is 4.57 Å². The van der Waals surface area contributed by atoms with Crippen LogP contribution in [-0.4, -0.2) is 24.1 Å². The molecule has 0 fully saturated rings. The predicted molar refractivity (Wildman–Crippen MR) is 71.9 cm³/mol. The lowest BCUT2D eigenvalue weighted by Gasteiger charge is -2.07. The lowest BCUT2D eigenvalue weighted by atomic mass is 10.4. The largest absolute Gasteiger partial charge is 0.318 e. The van der Waals surface area contributed by atoms with E-state index < -0.39 is 0 Å². The van der Waals surface area contributed by atoms with Crippen LogP contribution in [0.5, 0.6) is 0 Å². The Balaban J connectivity index is 2.35. The Labute approximate surface area is 117 Å². The molecule has 0 spiro atoms. The average Bonchev–Trinajstić information content (AvgIpc) is 2.74. The SMILES string of the molecule is Cn1cnc2c(=O)n(-c3ccc(Cl)nc3)c(Cl)nc21. The number of halogens is 2. The average molecular weight is 296 g/mol. The molecule has 0 saturated carbocycles. The molecule has 0 aromatic carbocycles. The summed E-state index contributed by atoms with van der Waals surface area (Å²) in [4.78, 5) is 24.5. The minimum absolute atomic E-state index is 0.0465. The molecule has 0 aliphatic carbocycles. The van der Waals surface area contributed by atoms with Crippen molar-refractivity contribution in [2.75, 3.05) is 0 Å². The summed E-state index contributed by atoms with van der Waals surface area (Å²) in [5, 5.41) is 0.380. The molecule has 0 saturated heterocycles. The molecule has 0 aliphatic rings. The maximum Gasteiger partial charge on any atom is 0.287 e. The minimum atomic E-state index is -0.347. The van der Waals surface area contributed by atoms with Crippen LogP contribution >= 0.6 is 23.2 Å². The van der Waals surface area contributed by atoms with Crippen molar-refractivity contribution >= 4 is 34.4 Å². The van der Waals surface area contributed by atoms with E-state index in [1.807, 2.05) is 0 Å². The molecule has 19 heavy (non-hydrogen) atoms. The fourth-order valence-corrected chi connectivity index (χ4v) is 2.12. The molecule has 0 atom stereocenters. The van der Waals surface area contributed by atoms with Crippen molar-refractivity contribution in [3.8, 4) is 5.69 Å². The summed E-state index contributed by atoms with van der Waals surface area (Å²) >= 11 is 11.8. The van der Waals surface area contributed by atoms with Gasteiger partial charge in [0.15, 0.2) is 11.2 Å². The van der Waals surface area contributed by atoms with Gasteiger partial charge >= 0.3 is 0 Å². The third-order valence-corrected chi connectivity index (χ3v) is 3.14. The number of imidazole rings is 1. The normalized spacial score (nSPS) is 11.1. The molecule has 3 heterocycles. The standard InChI is InChI=1S/C11H7Cl2N5O/c1-17-5-15-8-9(17)16-11(13)18(10(8)19)6-2-3-7(12)14-4-6/h2-5H,1H3. The van der Waals surface area contributed by atoms with Crippen molar-refractivity contribution in [3.05, 3.63) is 45.4 Å². The highest BCUT2D eigenvalue weighted by Crippen LogP contribution is 2.15. The van der Waals surface area contributed by atoms with Gasteiger partial charge in [0.2, 0.25) is 5.28 Å². The Morgan fingerprint density at radius 3 is 2.68 bits per heavy atom. The maximum atomic E-state index is 12.3. The quantitative estimate of drug-likeness (QED) is 0.507. The molecule has 3 rings (SSSR count). The van der Waals surface area contributed by atoms with Gasteiger partial charge in [-0.25, -0.2) is 14.5 Å². The summed E-state index contributed by atoms with van der Waals surface area (Å²) in [6.45, 7) is 0. The number of nitrogens with zero attached hydrogens (tertiary/aromatic N) is 5. The van der Waals surface area contributed by atoms with Crippen LogP contribution in [0.4, 0.5) is 0 Å². The summed E-state index contributed by atoms with van der Waals surface area (Å²) < 4.78 is 2.87. The zero-order chi connectivity index (χ0) is 13.6. The van der Waals surface area contributed by atoms with E-state index in [0.29, 0.717) is 16.5 Å². The molecule has 0 N–H and O–H groups in total. The first-order chi connectivity index (χ1) is 9.08. The van der Waals surface area contributed by atoms with E-state index in [2.05, 4.69) is 15.0 Å². The van der Waals surface area contributed by atoms with E-state index in [-0.39, 0.29) is 16.4 Å². The van der Waals surface area contributed by atoms with Crippen molar-refractivity contribution in [1.82, 2.24) is 24.1 Å². The van der Waals surface area contributed by atoms with Gasteiger partial charge in [-0.05, 0) is 23.7 Å². The van der Waals surface area contributed by atoms with Crippen LogP contribution in [0.3, 0.4) is 0 Å². The summed E-state index contributed by atoms with van der Waals surface area (Å²) in [5.74, 6) is 0. The Morgan fingerprint density at radius 2 is 2.00 bits per heavy atom. The van der Waals surface area contributed by atoms with Crippen molar-refractivity contribution in [2.24, 2.45) is 7.05 Å². The molecule has 0 unspecified atom stereocenters. The summed E-state index contributed by atoms with van der Waals surface area (Å²) in [5.41, 5.74) is 0.828. The third-order valence-electron chi connectivity index (χ3n) is 2.66. The van der Waals surface area contributed by atoms with Crippen LogP contribution in [0.25, 0.3) is 16.9 Å². The Bertz CT molecular complexity index is 821. The second kappa shape index (κ2) is 4.32. The Kier molecular flexibility index (Phi) is 2.76. The Morgan fingerprint density at radius 1 is 1.21 bits per heavy atom. The number of hydrogen-bond acceptors (Lipinski definition) is 4. The first kappa shape index (κ1) is 12.1. The smallest absolute Gasteiger partial charge is 0.287 e. The molecule has 3 aromatic heterocycles. The lowest BCUT2D eigenvalue weighted by Crippen LogP contribution is -2.21. The molecule has 0 radical (unpaired) electrons. The molecule has 0 amide bonds. The van der Waals surface area contributed by atoms with Crippen LogP contribution in [-0.2, 0) is 7.05 Å². The van der Waals surface area contributed by atoms with E-state index in [0.717, 1.165) is 0 Å². The zero-order valence-electron chi connectivity index (χ0n) is 9.71. The van der Waals surface area contributed by atoms with Gasteiger partial charge in [0.1, 0.15) is 5.15 Å². The van der Waals surface area contributed by atoms with Crippen molar-refractivity contribution in [3.63, 3.8) is 0 Å². The molecule has 6 nitrogen and oxygen atoms in total. The number of aromatic nitrogens is 5. The zero-order valence-corrected chi connectivity index (χ0v) is 11.2. The third kappa shape index (κ3) is 1.89. The van der Waals surface area contributed by atoms with Gasteiger partial charge in [-0.1, -0.05) is 11.6 Å². The maximum absolute atomic E-state index is 12.3. The van der Waals surface area contributed by atoms with Crippen molar-refractivity contribution < 1.29 is 0 Å². The fraction of sp³-hybridized carbons (Fsp3) is 0.0909. The number of fused-ring (bicyclic) bond motifs is 1. The van der Waals surface area contributed by atoms with Gasteiger partial charge in [0.05, 0.1) is 18.2 Å². The van der Waals surface area contributed by atoms with Crippen LogP contribution < -0.4 is 5.56 Å². The molecule has 8 heteroatoms. The number of hydrogen-bond donors (Lipinski definition) is 0. The van der Waals surface area contributed by atoms with Crippen LogP contribution in [0.15, 0.2) is 29.5 Å². The fourth-order valence-electron chi connectivity index (χ4n) is 1.76. The lowest BCUT2D eigenvalue weighted by molar-refractivity contribution is 0.907. The van der Waals surface area contributed by atoms with E-state index in [1.165, 1.54) is 17.1 Å². The number of pyridine rings is 1.